The number of pyridine rings is 1. The van der Waals surface area contributed by atoms with Gasteiger partial charge in [0.1, 0.15) is 5.82 Å². The van der Waals surface area contributed by atoms with Crippen LogP contribution in [0.4, 0.5) is 5.82 Å². The predicted molar refractivity (Wildman–Crippen MR) is 81.3 cm³/mol. The molecule has 2 fully saturated rings. The van der Waals surface area contributed by atoms with Crippen molar-refractivity contribution in [1.29, 1.82) is 0 Å². The number of aromatic nitrogens is 1. The van der Waals surface area contributed by atoms with E-state index in [1.807, 2.05) is 6.20 Å². The van der Waals surface area contributed by atoms with Crippen molar-refractivity contribution in [3.8, 4) is 0 Å². The van der Waals surface area contributed by atoms with Crippen LogP contribution in [-0.4, -0.2) is 29.3 Å². The summed E-state index contributed by atoms with van der Waals surface area (Å²) in [6.07, 6.45) is 4.36. The first-order valence-corrected chi connectivity index (χ1v) is 7.37. The van der Waals surface area contributed by atoms with E-state index in [4.69, 9.17) is 9.31 Å². The van der Waals surface area contributed by atoms with Crippen LogP contribution >= 0.6 is 0 Å². The first-order chi connectivity index (χ1) is 9.28. The topological polar surface area (TPSA) is 43.4 Å². The first-order valence-electron chi connectivity index (χ1n) is 7.37. The maximum absolute atomic E-state index is 6.06. The van der Waals surface area contributed by atoms with E-state index in [-0.39, 0.29) is 18.3 Å². The fourth-order valence-electron chi connectivity index (χ4n) is 2.28. The van der Waals surface area contributed by atoms with E-state index in [0.717, 1.165) is 16.8 Å². The van der Waals surface area contributed by atoms with E-state index < -0.39 is 0 Å². The van der Waals surface area contributed by atoms with Crippen LogP contribution in [0.5, 0.6) is 0 Å². The molecule has 0 unspecified atom stereocenters. The second-order valence-electron chi connectivity index (χ2n) is 6.94. The Morgan fingerprint density at radius 3 is 2.30 bits per heavy atom. The first kappa shape index (κ1) is 13.9. The maximum atomic E-state index is 6.06. The third-order valence-corrected chi connectivity index (χ3v) is 4.54. The molecule has 1 aliphatic carbocycles. The monoisotopic (exact) mass is 274 g/mol. The van der Waals surface area contributed by atoms with Crippen molar-refractivity contribution >= 4 is 18.4 Å². The van der Waals surface area contributed by atoms with Crippen LogP contribution in [0.25, 0.3) is 0 Å². The number of nitrogens with one attached hydrogen (secondary N) is 1. The number of rotatable bonds is 3. The van der Waals surface area contributed by atoms with Gasteiger partial charge in [0.15, 0.2) is 0 Å². The van der Waals surface area contributed by atoms with Gasteiger partial charge in [0, 0.05) is 17.7 Å². The molecule has 1 N–H and O–H groups in total. The summed E-state index contributed by atoms with van der Waals surface area (Å²) < 4.78 is 12.1. The molecular weight excluding hydrogens is 251 g/mol. The average Bonchev–Trinajstić information content (AvgIpc) is 3.10. The van der Waals surface area contributed by atoms with Gasteiger partial charge in [-0.15, -0.1) is 0 Å². The Morgan fingerprint density at radius 1 is 1.20 bits per heavy atom. The van der Waals surface area contributed by atoms with Crippen LogP contribution in [-0.2, 0) is 9.31 Å². The van der Waals surface area contributed by atoms with Crippen molar-refractivity contribution in [2.24, 2.45) is 0 Å². The van der Waals surface area contributed by atoms with Crippen LogP contribution in [0, 0.1) is 6.92 Å². The molecule has 0 bridgehead atoms. The van der Waals surface area contributed by atoms with E-state index >= 15 is 0 Å². The standard InChI is InChI=1S/C15H23BN2O2/c1-10-8-11(9-17-13(10)18-12-6-7-12)16-19-14(2,3)15(4,5)20-16/h8-9,12H,6-7H2,1-5H3,(H,17,18). The lowest BCUT2D eigenvalue weighted by atomic mass is 9.80. The zero-order valence-corrected chi connectivity index (χ0v) is 13.0. The average molecular weight is 274 g/mol. The van der Waals surface area contributed by atoms with Crippen molar-refractivity contribution in [1.82, 2.24) is 4.98 Å². The minimum absolute atomic E-state index is 0.309. The van der Waals surface area contributed by atoms with Crippen molar-refractivity contribution in [2.75, 3.05) is 5.32 Å². The highest BCUT2D eigenvalue weighted by Crippen LogP contribution is 2.36. The zero-order valence-electron chi connectivity index (χ0n) is 13.0. The number of aryl methyl sites for hydroxylation is 1. The van der Waals surface area contributed by atoms with E-state index in [1.165, 1.54) is 12.8 Å². The highest BCUT2D eigenvalue weighted by Gasteiger charge is 2.51. The lowest BCUT2D eigenvalue weighted by molar-refractivity contribution is 0.00578. The van der Waals surface area contributed by atoms with Crippen LogP contribution in [0.1, 0.15) is 46.1 Å². The summed E-state index contributed by atoms with van der Waals surface area (Å²) in [6, 6.07) is 2.73. The van der Waals surface area contributed by atoms with E-state index in [1.54, 1.807) is 0 Å². The molecular formula is C15H23BN2O2. The summed E-state index contributed by atoms with van der Waals surface area (Å²) in [6.45, 7) is 10.3. The van der Waals surface area contributed by atoms with Crippen molar-refractivity contribution in [3.05, 3.63) is 17.8 Å². The van der Waals surface area contributed by atoms with Crippen LogP contribution < -0.4 is 10.8 Å². The summed E-state index contributed by atoms with van der Waals surface area (Å²) in [5, 5.41) is 3.44. The van der Waals surface area contributed by atoms with Crippen LogP contribution in [0.3, 0.4) is 0 Å². The SMILES string of the molecule is Cc1cc(B2OC(C)(C)C(C)(C)O2)cnc1NC1CC1. The van der Waals surface area contributed by atoms with Gasteiger partial charge in [0.25, 0.3) is 0 Å². The Balaban J connectivity index is 1.79. The number of hydrogen-bond donors (Lipinski definition) is 1. The molecule has 0 atom stereocenters. The number of anilines is 1. The van der Waals surface area contributed by atoms with Crippen molar-refractivity contribution in [3.63, 3.8) is 0 Å². The molecule has 5 heteroatoms. The Kier molecular flexibility index (Phi) is 3.10. The maximum Gasteiger partial charge on any atom is 0.496 e. The third-order valence-electron chi connectivity index (χ3n) is 4.54. The van der Waals surface area contributed by atoms with E-state index in [9.17, 15) is 0 Å². The molecule has 1 saturated heterocycles. The van der Waals surface area contributed by atoms with E-state index in [0.29, 0.717) is 6.04 Å². The minimum Gasteiger partial charge on any atom is -0.399 e. The molecule has 0 spiro atoms. The van der Waals surface area contributed by atoms with Gasteiger partial charge in [-0.25, -0.2) is 4.98 Å². The highest BCUT2D eigenvalue weighted by molar-refractivity contribution is 6.62. The molecule has 1 saturated carbocycles. The molecule has 2 heterocycles. The molecule has 0 aromatic carbocycles. The fourth-order valence-corrected chi connectivity index (χ4v) is 2.28. The molecule has 20 heavy (non-hydrogen) atoms. The van der Waals surface area contributed by atoms with Crippen molar-refractivity contribution in [2.45, 2.75) is 64.7 Å². The Bertz CT molecular complexity index is 511. The molecule has 0 amide bonds. The normalized spacial score (nSPS) is 23.9. The highest BCUT2D eigenvalue weighted by atomic mass is 16.7. The zero-order chi connectivity index (χ0) is 14.5. The largest absolute Gasteiger partial charge is 0.496 e. The number of nitrogens with zero attached hydrogens (tertiary/aromatic N) is 1. The molecule has 108 valence electrons. The van der Waals surface area contributed by atoms with Crippen LogP contribution in [0.15, 0.2) is 12.3 Å². The van der Waals surface area contributed by atoms with Gasteiger partial charge in [0.2, 0.25) is 0 Å². The lowest BCUT2D eigenvalue weighted by Gasteiger charge is -2.32. The van der Waals surface area contributed by atoms with Gasteiger partial charge < -0.3 is 14.6 Å². The second-order valence-corrected chi connectivity index (χ2v) is 6.94. The molecule has 3 rings (SSSR count). The fraction of sp³-hybridized carbons (Fsp3) is 0.667. The van der Waals surface area contributed by atoms with Gasteiger partial charge in [-0.1, -0.05) is 6.07 Å². The third kappa shape index (κ3) is 2.45. The van der Waals surface area contributed by atoms with Crippen LogP contribution in [0.2, 0.25) is 0 Å². The van der Waals surface area contributed by atoms with Gasteiger partial charge in [-0.2, -0.15) is 0 Å². The quantitative estimate of drug-likeness (QED) is 0.859. The van der Waals surface area contributed by atoms with E-state index in [2.05, 4.69) is 51.0 Å². The predicted octanol–water partition coefficient (Wildman–Crippen LogP) is 2.26. The summed E-state index contributed by atoms with van der Waals surface area (Å²) >= 11 is 0. The molecule has 1 aliphatic heterocycles. The molecule has 0 radical (unpaired) electrons. The van der Waals surface area contributed by atoms with Gasteiger partial charge in [0.05, 0.1) is 11.2 Å². The molecule has 4 nitrogen and oxygen atoms in total. The lowest BCUT2D eigenvalue weighted by Crippen LogP contribution is -2.41. The molecule has 2 aliphatic rings. The summed E-state index contributed by atoms with van der Waals surface area (Å²) in [7, 11) is -0.332. The number of hydrogen-bond acceptors (Lipinski definition) is 4. The Labute approximate surface area is 121 Å². The molecule has 1 aromatic rings. The van der Waals surface area contributed by atoms with Crippen molar-refractivity contribution < 1.29 is 9.31 Å². The smallest absolute Gasteiger partial charge is 0.399 e. The van der Waals surface area contributed by atoms with Gasteiger partial charge in [-0.05, 0) is 53.0 Å². The summed E-state index contributed by atoms with van der Waals surface area (Å²) in [5.41, 5.74) is 1.51. The summed E-state index contributed by atoms with van der Waals surface area (Å²) in [4.78, 5) is 4.53. The van der Waals surface area contributed by atoms with Gasteiger partial charge >= 0.3 is 7.12 Å². The minimum atomic E-state index is -0.332. The Morgan fingerprint density at radius 2 is 1.80 bits per heavy atom. The van der Waals surface area contributed by atoms with Gasteiger partial charge in [-0.3, -0.25) is 0 Å². The second kappa shape index (κ2) is 4.47. The Hall–Kier alpha value is -1.07. The molecule has 1 aromatic heterocycles. The summed E-state index contributed by atoms with van der Waals surface area (Å²) in [5.74, 6) is 0.979.